The van der Waals surface area contributed by atoms with Crippen molar-refractivity contribution in [2.45, 2.75) is 71.8 Å². The molecule has 1 heterocycles. The molecule has 146 valence electrons. The number of piperazine rings is 1. The van der Waals surface area contributed by atoms with E-state index in [-0.39, 0.29) is 16.9 Å². The molecular formula is C23H38N2O. The van der Waals surface area contributed by atoms with Crippen molar-refractivity contribution in [2.75, 3.05) is 26.2 Å². The van der Waals surface area contributed by atoms with Crippen LogP contribution in [-0.4, -0.2) is 36.2 Å². The Kier molecular flexibility index (Phi) is 6.24. The normalized spacial score (nSPS) is 18.0. The zero-order valence-corrected chi connectivity index (χ0v) is 17.9. The van der Waals surface area contributed by atoms with E-state index in [1.165, 1.54) is 5.56 Å². The lowest BCUT2D eigenvalue weighted by atomic mass is 9.77. The van der Waals surface area contributed by atoms with Crippen LogP contribution in [0.5, 0.6) is 5.75 Å². The third-order valence-electron chi connectivity index (χ3n) is 5.31. The number of phenolic OH excluding ortho intramolecular Hbond substituents is 1. The lowest BCUT2D eigenvalue weighted by molar-refractivity contribution is 0.169. The molecule has 26 heavy (non-hydrogen) atoms. The third kappa shape index (κ3) is 4.89. The molecule has 1 aliphatic heterocycles. The van der Waals surface area contributed by atoms with Gasteiger partial charge in [0, 0.05) is 37.8 Å². The molecule has 0 aromatic heterocycles. The Balaban J connectivity index is 2.63. The second-order valence-electron chi connectivity index (χ2n) is 9.92. The van der Waals surface area contributed by atoms with E-state index < -0.39 is 0 Å². The summed E-state index contributed by atoms with van der Waals surface area (Å²) >= 11 is 0. The first kappa shape index (κ1) is 21.0. The van der Waals surface area contributed by atoms with Crippen LogP contribution >= 0.6 is 0 Å². The van der Waals surface area contributed by atoms with Crippen molar-refractivity contribution in [1.82, 2.24) is 10.2 Å². The first-order chi connectivity index (χ1) is 11.9. The van der Waals surface area contributed by atoms with E-state index in [1.54, 1.807) is 0 Å². The van der Waals surface area contributed by atoms with Crippen molar-refractivity contribution >= 4 is 0 Å². The van der Waals surface area contributed by atoms with Crippen LogP contribution in [0.2, 0.25) is 0 Å². The fraction of sp³-hybridized carbons (Fsp3) is 0.652. The molecule has 1 fully saturated rings. The van der Waals surface area contributed by atoms with E-state index in [0.29, 0.717) is 5.75 Å². The Morgan fingerprint density at radius 1 is 1.12 bits per heavy atom. The topological polar surface area (TPSA) is 35.5 Å². The van der Waals surface area contributed by atoms with Gasteiger partial charge in [-0.15, -0.1) is 6.58 Å². The Bertz CT molecular complexity index is 643. The average Bonchev–Trinajstić information content (AvgIpc) is 2.51. The van der Waals surface area contributed by atoms with Crippen LogP contribution in [-0.2, 0) is 10.8 Å². The van der Waals surface area contributed by atoms with Gasteiger partial charge in [0.05, 0.1) is 0 Å². The van der Waals surface area contributed by atoms with Crippen LogP contribution in [0.3, 0.4) is 0 Å². The van der Waals surface area contributed by atoms with Gasteiger partial charge in [0.2, 0.25) is 0 Å². The Morgan fingerprint density at radius 3 is 2.15 bits per heavy atom. The van der Waals surface area contributed by atoms with E-state index in [0.717, 1.165) is 49.3 Å². The summed E-state index contributed by atoms with van der Waals surface area (Å²) in [6.45, 7) is 23.5. The molecule has 0 radical (unpaired) electrons. The molecule has 2 N–H and O–H groups in total. The second-order valence-corrected chi connectivity index (χ2v) is 9.92. The maximum Gasteiger partial charge on any atom is 0.124 e. The SMILES string of the molecule is C=C(C)C[C@@H](c1cc(C(C)(C)C)cc(C(C)(C)C)c1O)N1CCNCC1. The van der Waals surface area contributed by atoms with Crippen molar-refractivity contribution < 1.29 is 5.11 Å². The quantitative estimate of drug-likeness (QED) is 0.752. The third-order valence-corrected chi connectivity index (χ3v) is 5.31. The zero-order chi connectivity index (χ0) is 19.7. The molecule has 1 aromatic rings. The smallest absolute Gasteiger partial charge is 0.124 e. The molecule has 1 atom stereocenters. The van der Waals surface area contributed by atoms with Gasteiger partial charge in [-0.05, 0) is 41.4 Å². The second kappa shape index (κ2) is 7.74. The van der Waals surface area contributed by atoms with Gasteiger partial charge >= 0.3 is 0 Å². The largest absolute Gasteiger partial charge is 0.507 e. The lowest BCUT2D eigenvalue weighted by Gasteiger charge is -2.37. The van der Waals surface area contributed by atoms with Gasteiger partial charge in [-0.2, -0.15) is 0 Å². The molecule has 3 heteroatoms. The number of phenols is 1. The molecule has 2 rings (SSSR count). The van der Waals surface area contributed by atoms with Gasteiger partial charge < -0.3 is 10.4 Å². The fourth-order valence-electron chi connectivity index (χ4n) is 3.68. The van der Waals surface area contributed by atoms with Gasteiger partial charge in [0.15, 0.2) is 0 Å². The van der Waals surface area contributed by atoms with E-state index in [1.807, 2.05) is 0 Å². The summed E-state index contributed by atoms with van der Waals surface area (Å²) in [7, 11) is 0. The van der Waals surface area contributed by atoms with Gasteiger partial charge in [0.1, 0.15) is 5.75 Å². The van der Waals surface area contributed by atoms with Crippen LogP contribution in [0.15, 0.2) is 24.3 Å². The van der Waals surface area contributed by atoms with Gasteiger partial charge in [0.25, 0.3) is 0 Å². The van der Waals surface area contributed by atoms with Crippen LogP contribution in [0.4, 0.5) is 0 Å². The number of rotatable bonds is 4. The van der Waals surface area contributed by atoms with Gasteiger partial charge in [-0.1, -0.05) is 53.2 Å². The van der Waals surface area contributed by atoms with E-state index in [2.05, 4.69) is 77.4 Å². The van der Waals surface area contributed by atoms with Crippen LogP contribution < -0.4 is 5.32 Å². The molecule has 0 saturated carbocycles. The maximum absolute atomic E-state index is 11.3. The summed E-state index contributed by atoms with van der Waals surface area (Å²) in [5.74, 6) is 0.468. The van der Waals surface area contributed by atoms with Gasteiger partial charge in [-0.25, -0.2) is 0 Å². The molecule has 0 amide bonds. The standard InChI is InChI=1S/C23H38N2O/c1-16(2)13-20(25-11-9-24-10-12-25)18-14-17(22(3,4)5)15-19(21(18)26)23(6,7)8/h14-15,20,24,26H,1,9-13H2,2-8H3/t20-/m0/s1. The highest BCUT2D eigenvalue weighted by Crippen LogP contribution is 2.42. The molecule has 0 bridgehead atoms. The predicted octanol–water partition coefficient (Wildman–Crippen LogP) is 4.90. The summed E-state index contributed by atoms with van der Waals surface area (Å²) in [6.07, 6.45) is 0.880. The molecule has 0 spiro atoms. The molecule has 1 aliphatic rings. The lowest BCUT2D eigenvalue weighted by Crippen LogP contribution is -2.45. The Morgan fingerprint density at radius 2 is 1.69 bits per heavy atom. The number of benzene rings is 1. The number of hydrogen-bond acceptors (Lipinski definition) is 3. The summed E-state index contributed by atoms with van der Waals surface area (Å²) in [5.41, 5.74) is 4.49. The van der Waals surface area contributed by atoms with Crippen molar-refractivity contribution in [3.63, 3.8) is 0 Å². The summed E-state index contributed by atoms with van der Waals surface area (Å²) in [5, 5.41) is 14.7. The summed E-state index contributed by atoms with van der Waals surface area (Å²) in [4.78, 5) is 2.50. The molecular weight excluding hydrogens is 320 g/mol. The minimum Gasteiger partial charge on any atom is -0.507 e. The van der Waals surface area contributed by atoms with Crippen molar-refractivity contribution in [1.29, 1.82) is 0 Å². The monoisotopic (exact) mass is 358 g/mol. The number of nitrogens with one attached hydrogen (secondary N) is 1. The Hall–Kier alpha value is -1.32. The molecule has 3 nitrogen and oxygen atoms in total. The number of nitrogens with zero attached hydrogens (tertiary/aromatic N) is 1. The van der Waals surface area contributed by atoms with Crippen LogP contribution in [0.1, 0.15) is 77.6 Å². The number of hydrogen-bond donors (Lipinski definition) is 2. The Labute approximate surface area is 160 Å². The van der Waals surface area contributed by atoms with E-state index in [4.69, 9.17) is 0 Å². The molecule has 1 saturated heterocycles. The van der Waals surface area contributed by atoms with Gasteiger partial charge in [-0.3, -0.25) is 4.90 Å². The zero-order valence-electron chi connectivity index (χ0n) is 17.9. The summed E-state index contributed by atoms with van der Waals surface area (Å²) in [6, 6.07) is 4.62. The minimum absolute atomic E-state index is 0.0413. The fourth-order valence-corrected chi connectivity index (χ4v) is 3.68. The van der Waals surface area contributed by atoms with Crippen molar-refractivity contribution in [3.05, 3.63) is 41.0 Å². The first-order valence-electron chi connectivity index (χ1n) is 9.88. The summed E-state index contributed by atoms with van der Waals surface area (Å²) < 4.78 is 0. The van der Waals surface area contributed by atoms with Crippen LogP contribution in [0.25, 0.3) is 0 Å². The molecule has 0 aliphatic carbocycles. The van der Waals surface area contributed by atoms with E-state index >= 15 is 0 Å². The minimum atomic E-state index is -0.0999. The highest BCUT2D eigenvalue weighted by molar-refractivity contribution is 5.50. The number of aromatic hydroxyl groups is 1. The maximum atomic E-state index is 11.3. The van der Waals surface area contributed by atoms with Crippen molar-refractivity contribution in [3.8, 4) is 5.75 Å². The predicted molar refractivity (Wildman–Crippen MR) is 112 cm³/mol. The molecule has 0 unspecified atom stereocenters. The first-order valence-corrected chi connectivity index (χ1v) is 9.88. The highest BCUT2D eigenvalue weighted by atomic mass is 16.3. The van der Waals surface area contributed by atoms with Crippen LogP contribution in [0, 0.1) is 0 Å². The van der Waals surface area contributed by atoms with Crippen molar-refractivity contribution in [2.24, 2.45) is 0 Å². The highest BCUT2D eigenvalue weighted by Gasteiger charge is 2.30. The van der Waals surface area contributed by atoms with E-state index in [9.17, 15) is 5.11 Å². The average molecular weight is 359 g/mol. The molecule has 1 aromatic carbocycles.